The number of benzene rings is 2. The van der Waals surface area contributed by atoms with Crippen molar-refractivity contribution in [3.8, 4) is 5.75 Å². The van der Waals surface area contributed by atoms with Gasteiger partial charge in [-0.25, -0.2) is 4.39 Å². The second-order valence-electron chi connectivity index (χ2n) is 6.56. The van der Waals surface area contributed by atoms with Crippen LogP contribution in [-0.4, -0.2) is 13.2 Å². The van der Waals surface area contributed by atoms with Crippen LogP contribution in [-0.2, 0) is 12.8 Å². The molecule has 0 saturated carbocycles. The zero-order valence-electron chi connectivity index (χ0n) is 13.4. The van der Waals surface area contributed by atoms with Crippen LogP contribution >= 0.6 is 0 Å². The Bertz CT molecular complexity index is 728. The molecule has 120 valence electrons. The zero-order chi connectivity index (χ0) is 15.8. The highest BCUT2D eigenvalue weighted by Crippen LogP contribution is 2.37. The maximum atomic E-state index is 14.0. The van der Waals surface area contributed by atoms with Gasteiger partial charge < -0.3 is 10.1 Å². The molecule has 0 bridgehead atoms. The molecule has 1 fully saturated rings. The van der Waals surface area contributed by atoms with Gasteiger partial charge in [-0.1, -0.05) is 31.2 Å². The lowest BCUT2D eigenvalue weighted by Crippen LogP contribution is -2.13. The number of fused-ring (bicyclic) bond motifs is 1. The largest absolute Gasteiger partial charge is 0.493 e. The minimum absolute atomic E-state index is 0.0822. The van der Waals surface area contributed by atoms with Crippen molar-refractivity contribution >= 4 is 0 Å². The number of ether oxygens (including phenoxy) is 1. The van der Waals surface area contributed by atoms with E-state index in [1.54, 1.807) is 6.07 Å². The molecule has 0 aromatic heterocycles. The summed E-state index contributed by atoms with van der Waals surface area (Å²) < 4.78 is 19.7. The van der Waals surface area contributed by atoms with Crippen LogP contribution in [0.3, 0.4) is 0 Å². The highest BCUT2D eigenvalue weighted by atomic mass is 19.1. The molecule has 0 amide bonds. The lowest BCUT2D eigenvalue weighted by molar-refractivity contribution is 0.356. The Kier molecular flexibility index (Phi) is 3.82. The van der Waals surface area contributed by atoms with Gasteiger partial charge in [0.15, 0.2) is 0 Å². The Hall–Kier alpha value is -1.87. The average molecular weight is 311 g/mol. The van der Waals surface area contributed by atoms with Crippen LogP contribution in [0.1, 0.15) is 47.6 Å². The van der Waals surface area contributed by atoms with Crippen LogP contribution < -0.4 is 10.1 Å². The zero-order valence-corrected chi connectivity index (χ0v) is 13.4. The van der Waals surface area contributed by atoms with E-state index in [0.717, 1.165) is 49.3 Å². The minimum atomic E-state index is -0.0822. The molecule has 2 aliphatic heterocycles. The average Bonchev–Trinajstić information content (AvgIpc) is 3.23. The molecule has 2 aliphatic rings. The van der Waals surface area contributed by atoms with Crippen molar-refractivity contribution in [1.29, 1.82) is 0 Å². The topological polar surface area (TPSA) is 21.3 Å². The molecule has 2 aromatic rings. The molecule has 2 unspecified atom stereocenters. The molecular weight excluding hydrogens is 289 g/mol. The van der Waals surface area contributed by atoms with E-state index < -0.39 is 0 Å². The fourth-order valence-corrected chi connectivity index (χ4v) is 3.75. The standard InChI is InChI=1S/C20H22FNO/c1-2-13-3-6-16(9-18(13)21)19-10-17(12-22-19)15-5-4-14-7-8-23-20(14)11-15/h3-6,9,11,17,19,22H,2,7-8,10,12H2,1H3. The number of halogens is 1. The predicted octanol–water partition coefficient (Wildman–Crippen LogP) is 4.14. The molecule has 2 nitrogen and oxygen atoms in total. The molecule has 23 heavy (non-hydrogen) atoms. The Morgan fingerprint density at radius 3 is 2.87 bits per heavy atom. The van der Waals surface area contributed by atoms with E-state index in [-0.39, 0.29) is 11.9 Å². The lowest BCUT2D eigenvalue weighted by Gasteiger charge is -2.13. The molecule has 1 saturated heterocycles. The first-order valence-corrected chi connectivity index (χ1v) is 8.52. The van der Waals surface area contributed by atoms with Gasteiger partial charge in [-0.2, -0.15) is 0 Å². The monoisotopic (exact) mass is 311 g/mol. The van der Waals surface area contributed by atoms with Crippen LogP contribution in [0.5, 0.6) is 5.75 Å². The Morgan fingerprint density at radius 1 is 1.17 bits per heavy atom. The quantitative estimate of drug-likeness (QED) is 0.920. The van der Waals surface area contributed by atoms with Crippen molar-refractivity contribution < 1.29 is 9.13 Å². The molecule has 0 spiro atoms. The first kappa shape index (κ1) is 14.7. The second kappa shape index (κ2) is 5.97. The van der Waals surface area contributed by atoms with Gasteiger partial charge in [0.1, 0.15) is 11.6 Å². The fraction of sp³-hybridized carbons (Fsp3) is 0.400. The number of aryl methyl sites for hydroxylation is 1. The number of rotatable bonds is 3. The van der Waals surface area contributed by atoms with Crippen LogP contribution in [0.25, 0.3) is 0 Å². The maximum absolute atomic E-state index is 14.0. The highest BCUT2D eigenvalue weighted by molar-refractivity contribution is 5.42. The molecule has 0 radical (unpaired) electrons. The molecule has 2 heterocycles. The van der Waals surface area contributed by atoms with E-state index >= 15 is 0 Å². The number of nitrogens with one attached hydrogen (secondary N) is 1. The molecular formula is C20H22FNO. The van der Waals surface area contributed by atoms with Crippen molar-refractivity contribution in [2.75, 3.05) is 13.2 Å². The SMILES string of the molecule is CCc1ccc(C2CC(c3ccc4c(c3)OCC4)CN2)cc1F. The Labute approximate surface area is 136 Å². The third kappa shape index (κ3) is 2.74. The van der Waals surface area contributed by atoms with E-state index in [9.17, 15) is 4.39 Å². The van der Waals surface area contributed by atoms with Gasteiger partial charge in [0, 0.05) is 19.0 Å². The minimum Gasteiger partial charge on any atom is -0.493 e. The Morgan fingerprint density at radius 2 is 2.04 bits per heavy atom. The number of hydrogen-bond donors (Lipinski definition) is 1. The first-order chi connectivity index (χ1) is 11.2. The number of hydrogen-bond acceptors (Lipinski definition) is 2. The van der Waals surface area contributed by atoms with Crippen LogP contribution in [0.2, 0.25) is 0 Å². The van der Waals surface area contributed by atoms with Gasteiger partial charge in [0.05, 0.1) is 6.61 Å². The van der Waals surface area contributed by atoms with Gasteiger partial charge in [0.25, 0.3) is 0 Å². The second-order valence-corrected chi connectivity index (χ2v) is 6.56. The Balaban J connectivity index is 1.52. The van der Waals surface area contributed by atoms with Crippen LogP contribution in [0.4, 0.5) is 4.39 Å². The van der Waals surface area contributed by atoms with Crippen LogP contribution in [0, 0.1) is 5.82 Å². The molecule has 1 N–H and O–H groups in total. The van der Waals surface area contributed by atoms with Crippen molar-refractivity contribution in [1.82, 2.24) is 5.32 Å². The van der Waals surface area contributed by atoms with E-state index in [2.05, 4.69) is 29.6 Å². The lowest BCUT2D eigenvalue weighted by atomic mass is 9.92. The molecule has 3 heteroatoms. The van der Waals surface area contributed by atoms with Crippen molar-refractivity contribution in [2.24, 2.45) is 0 Å². The highest BCUT2D eigenvalue weighted by Gasteiger charge is 2.28. The van der Waals surface area contributed by atoms with Crippen molar-refractivity contribution in [2.45, 2.75) is 38.1 Å². The summed E-state index contributed by atoms with van der Waals surface area (Å²) in [5, 5.41) is 3.55. The van der Waals surface area contributed by atoms with Gasteiger partial charge in [-0.3, -0.25) is 0 Å². The molecule has 4 rings (SSSR count). The van der Waals surface area contributed by atoms with Gasteiger partial charge in [-0.15, -0.1) is 0 Å². The van der Waals surface area contributed by atoms with E-state index in [1.807, 2.05) is 13.0 Å². The van der Waals surface area contributed by atoms with E-state index in [0.29, 0.717) is 5.92 Å². The van der Waals surface area contributed by atoms with E-state index in [4.69, 9.17) is 4.74 Å². The predicted molar refractivity (Wildman–Crippen MR) is 89.5 cm³/mol. The van der Waals surface area contributed by atoms with Gasteiger partial charge >= 0.3 is 0 Å². The molecule has 2 aromatic carbocycles. The first-order valence-electron chi connectivity index (χ1n) is 8.52. The van der Waals surface area contributed by atoms with Crippen molar-refractivity contribution in [3.63, 3.8) is 0 Å². The summed E-state index contributed by atoms with van der Waals surface area (Å²) in [5.41, 5.74) is 4.48. The fourth-order valence-electron chi connectivity index (χ4n) is 3.75. The maximum Gasteiger partial charge on any atom is 0.126 e. The van der Waals surface area contributed by atoms with Crippen molar-refractivity contribution in [3.05, 3.63) is 64.5 Å². The summed E-state index contributed by atoms with van der Waals surface area (Å²) in [6.45, 7) is 3.71. The third-order valence-corrected chi connectivity index (χ3v) is 5.18. The summed E-state index contributed by atoms with van der Waals surface area (Å²) in [4.78, 5) is 0. The smallest absolute Gasteiger partial charge is 0.126 e. The molecule has 2 atom stereocenters. The summed E-state index contributed by atoms with van der Waals surface area (Å²) in [6.07, 6.45) is 2.76. The van der Waals surface area contributed by atoms with Crippen LogP contribution in [0.15, 0.2) is 36.4 Å². The summed E-state index contributed by atoms with van der Waals surface area (Å²) in [7, 11) is 0. The normalized spacial score (nSPS) is 22.9. The summed E-state index contributed by atoms with van der Waals surface area (Å²) in [6, 6.07) is 12.5. The molecule has 0 aliphatic carbocycles. The summed E-state index contributed by atoms with van der Waals surface area (Å²) in [5.74, 6) is 1.42. The van der Waals surface area contributed by atoms with Gasteiger partial charge in [0.2, 0.25) is 0 Å². The van der Waals surface area contributed by atoms with E-state index in [1.165, 1.54) is 11.1 Å². The van der Waals surface area contributed by atoms with Gasteiger partial charge in [-0.05, 0) is 53.1 Å². The third-order valence-electron chi connectivity index (χ3n) is 5.18. The summed E-state index contributed by atoms with van der Waals surface area (Å²) >= 11 is 0.